The number of carbonyl (C=O) groups excluding carboxylic acids is 2. The van der Waals surface area contributed by atoms with Gasteiger partial charge in [-0.3, -0.25) is 9.59 Å². The Morgan fingerprint density at radius 3 is 2.73 bits per heavy atom. The number of hydrogen-bond donors (Lipinski definition) is 3. The highest BCUT2D eigenvalue weighted by Crippen LogP contribution is 2.18. The number of anilines is 1. The molecule has 0 bridgehead atoms. The number of benzene rings is 2. The third-order valence-electron chi connectivity index (χ3n) is 6.29. The molecule has 1 aliphatic rings. The Kier molecular flexibility index (Phi) is 7.40. The van der Waals surface area contributed by atoms with Gasteiger partial charge in [0.2, 0.25) is 5.91 Å². The predicted molar refractivity (Wildman–Crippen MR) is 131 cm³/mol. The highest BCUT2D eigenvalue weighted by atomic mass is 16.2. The first-order valence-corrected chi connectivity index (χ1v) is 11.9. The van der Waals surface area contributed by atoms with Crippen molar-refractivity contribution in [3.8, 4) is 0 Å². The van der Waals surface area contributed by atoms with Crippen molar-refractivity contribution in [2.45, 2.75) is 52.0 Å². The van der Waals surface area contributed by atoms with Gasteiger partial charge in [-0.15, -0.1) is 0 Å². The average Bonchev–Trinajstić information content (AvgIpc) is 3.20. The Morgan fingerprint density at radius 2 is 1.97 bits per heavy atom. The number of nitrogens with one attached hydrogen (secondary N) is 3. The van der Waals surface area contributed by atoms with Crippen LogP contribution in [0.5, 0.6) is 0 Å². The van der Waals surface area contributed by atoms with E-state index in [9.17, 15) is 9.59 Å². The molecule has 0 aliphatic carbocycles. The van der Waals surface area contributed by atoms with Crippen molar-refractivity contribution in [3.63, 3.8) is 0 Å². The summed E-state index contributed by atoms with van der Waals surface area (Å²) in [6.45, 7) is 6.69. The number of aromatic amines is 1. The number of piperidine rings is 1. The van der Waals surface area contributed by atoms with E-state index in [1.807, 2.05) is 42.5 Å². The van der Waals surface area contributed by atoms with Crippen LogP contribution in [0.25, 0.3) is 11.0 Å². The van der Waals surface area contributed by atoms with Gasteiger partial charge in [-0.05, 0) is 68.6 Å². The molecule has 1 unspecified atom stereocenters. The Balaban J connectivity index is 1.31. The fourth-order valence-corrected chi connectivity index (χ4v) is 4.47. The molecule has 1 saturated heterocycles. The van der Waals surface area contributed by atoms with E-state index in [1.165, 1.54) is 32.7 Å². The van der Waals surface area contributed by atoms with Crippen molar-refractivity contribution in [1.29, 1.82) is 0 Å². The molecule has 1 aliphatic heterocycles. The highest BCUT2D eigenvalue weighted by Gasteiger charge is 2.17. The molecule has 4 rings (SSSR count). The lowest BCUT2D eigenvalue weighted by atomic mass is 10.0. The lowest BCUT2D eigenvalue weighted by Crippen LogP contribution is -2.39. The van der Waals surface area contributed by atoms with E-state index >= 15 is 0 Å². The minimum atomic E-state index is -0.0866. The van der Waals surface area contributed by atoms with E-state index in [1.54, 1.807) is 0 Å². The normalized spacial score (nSPS) is 16.6. The number of aromatic nitrogens is 2. The van der Waals surface area contributed by atoms with Crippen molar-refractivity contribution < 1.29 is 9.59 Å². The largest absolute Gasteiger partial charge is 0.352 e. The SMILES string of the molecule is CC(=O)Nc1ccc(Cc2nc3ccc(C(=O)NCCCN4CCCCC4C)cc3[nH]2)cc1. The average molecular weight is 448 g/mol. The Bertz CT molecular complexity index is 1110. The highest BCUT2D eigenvalue weighted by molar-refractivity contribution is 5.97. The van der Waals surface area contributed by atoms with E-state index in [4.69, 9.17) is 0 Å². The van der Waals surface area contributed by atoms with Gasteiger partial charge >= 0.3 is 0 Å². The Morgan fingerprint density at radius 1 is 1.15 bits per heavy atom. The number of nitrogens with zero attached hydrogens (tertiary/aromatic N) is 2. The number of fused-ring (bicyclic) bond motifs is 1. The standard InChI is InChI=1S/C26H33N5O2/c1-18-6-3-4-14-31(18)15-5-13-27-26(33)21-9-12-23-24(17-21)30-25(29-23)16-20-7-10-22(11-8-20)28-19(2)32/h7-12,17-18H,3-6,13-16H2,1-2H3,(H,27,33)(H,28,32)(H,29,30). The molecule has 1 fully saturated rings. The van der Waals surface area contributed by atoms with Crippen LogP contribution in [0.4, 0.5) is 5.69 Å². The topological polar surface area (TPSA) is 90.1 Å². The summed E-state index contributed by atoms with van der Waals surface area (Å²) in [7, 11) is 0. The zero-order chi connectivity index (χ0) is 23.2. The van der Waals surface area contributed by atoms with Crippen LogP contribution in [-0.4, -0.2) is 52.4 Å². The van der Waals surface area contributed by atoms with Crippen LogP contribution < -0.4 is 10.6 Å². The van der Waals surface area contributed by atoms with Gasteiger partial charge < -0.3 is 20.5 Å². The van der Waals surface area contributed by atoms with Crippen molar-refractivity contribution in [2.24, 2.45) is 0 Å². The van der Waals surface area contributed by atoms with Crippen LogP contribution in [0.3, 0.4) is 0 Å². The molecule has 7 nitrogen and oxygen atoms in total. The molecule has 3 aromatic rings. The lowest BCUT2D eigenvalue weighted by Gasteiger charge is -2.33. The summed E-state index contributed by atoms with van der Waals surface area (Å²) in [5.41, 5.74) is 4.20. The van der Waals surface area contributed by atoms with E-state index in [2.05, 4.69) is 32.4 Å². The maximum absolute atomic E-state index is 12.6. The second kappa shape index (κ2) is 10.6. The van der Waals surface area contributed by atoms with Gasteiger partial charge in [-0.25, -0.2) is 4.98 Å². The van der Waals surface area contributed by atoms with E-state index in [-0.39, 0.29) is 11.8 Å². The van der Waals surface area contributed by atoms with Gasteiger partial charge in [0.1, 0.15) is 5.82 Å². The van der Waals surface area contributed by atoms with Crippen molar-refractivity contribution >= 4 is 28.5 Å². The first-order chi connectivity index (χ1) is 16.0. The third kappa shape index (κ3) is 6.20. The fourth-order valence-electron chi connectivity index (χ4n) is 4.47. The zero-order valence-electron chi connectivity index (χ0n) is 19.5. The maximum Gasteiger partial charge on any atom is 0.251 e. The van der Waals surface area contributed by atoms with Crippen molar-refractivity contribution in [3.05, 3.63) is 59.4 Å². The van der Waals surface area contributed by atoms with E-state index in [0.717, 1.165) is 41.1 Å². The van der Waals surface area contributed by atoms with Gasteiger partial charge in [0, 0.05) is 43.7 Å². The van der Waals surface area contributed by atoms with E-state index < -0.39 is 0 Å². The summed E-state index contributed by atoms with van der Waals surface area (Å²) in [6, 6.07) is 14.0. The molecule has 2 heterocycles. The quantitative estimate of drug-likeness (QED) is 0.454. The molecule has 7 heteroatoms. The minimum Gasteiger partial charge on any atom is -0.352 e. The molecule has 0 spiro atoms. The molecule has 3 N–H and O–H groups in total. The molecule has 2 aromatic carbocycles. The summed E-state index contributed by atoms with van der Waals surface area (Å²) in [4.78, 5) is 34.3. The summed E-state index contributed by atoms with van der Waals surface area (Å²) < 4.78 is 0. The van der Waals surface area contributed by atoms with Crippen molar-refractivity contribution in [1.82, 2.24) is 20.2 Å². The van der Waals surface area contributed by atoms with Crippen LogP contribution in [0, 0.1) is 0 Å². The smallest absolute Gasteiger partial charge is 0.251 e. The Labute approximate surface area is 195 Å². The van der Waals surface area contributed by atoms with Gasteiger partial charge in [-0.2, -0.15) is 0 Å². The first-order valence-electron chi connectivity index (χ1n) is 11.9. The number of rotatable bonds is 8. The Hall–Kier alpha value is -3.19. The van der Waals surface area contributed by atoms with Gasteiger partial charge in [-0.1, -0.05) is 18.6 Å². The summed E-state index contributed by atoms with van der Waals surface area (Å²) in [5.74, 6) is 0.704. The molecule has 0 saturated carbocycles. The van der Waals surface area contributed by atoms with Crippen LogP contribution in [0.15, 0.2) is 42.5 Å². The van der Waals surface area contributed by atoms with Gasteiger partial charge in [0.15, 0.2) is 0 Å². The molecular formula is C26H33N5O2. The molecular weight excluding hydrogens is 414 g/mol. The third-order valence-corrected chi connectivity index (χ3v) is 6.29. The molecule has 1 aromatic heterocycles. The summed E-state index contributed by atoms with van der Waals surface area (Å²) in [5, 5.41) is 5.82. The number of hydrogen-bond acceptors (Lipinski definition) is 4. The first kappa shape index (κ1) is 23.0. The second-order valence-electron chi connectivity index (χ2n) is 8.96. The van der Waals surface area contributed by atoms with Crippen molar-refractivity contribution in [2.75, 3.05) is 25.0 Å². The molecule has 33 heavy (non-hydrogen) atoms. The number of likely N-dealkylation sites (tertiary alicyclic amines) is 1. The molecule has 174 valence electrons. The van der Waals surface area contributed by atoms with Gasteiger partial charge in [0.05, 0.1) is 11.0 Å². The van der Waals surface area contributed by atoms with Crippen LogP contribution in [0.1, 0.15) is 61.3 Å². The molecule has 2 amide bonds. The van der Waals surface area contributed by atoms with Gasteiger partial charge in [0.25, 0.3) is 5.91 Å². The molecule has 0 radical (unpaired) electrons. The van der Waals surface area contributed by atoms with Crippen LogP contribution in [0.2, 0.25) is 0 Å². The second-order valence-corrected chi connectivity index (χ2v) is 8.96. The zero-order valence-corrected chi connectivity index (χ0v) is 19.5. The predicted octanol–water partition coefficient (Wildman–Crippen LogP) is 4.11. The summed E-state index contributed by atoms with van der Waals surface area (Å²) >= 11 is 0. The van der Waals surface area contributed by atoms with Crippen LogP contribution in [-0.2, 0) is 11.2 Å². The number of imidazole rings is 1. The number of H-pyrrole nitrogens is 1. The lowest BCUT2D eigenvalue weighted by molar-refractivity contribution is -0.114. The number of amides is 2. The monoisotopic (exact) mass is 447 g/mol. The minimum absolute atomic E-state index is 0.0479. The van der Waals surface area contributed by atoms with Crippen LogP contribution >= 0.6 is 0 Å². The van der Waals surface area contributed by atoms with E-state index in [0.29, 0.717) is 24.6 Å². The number of carbonyl (C=O) groups is 2. The maximum atomic E-state index is 12.6. The fraction of sp³-hybridized carbons (Fsp3) is 0.423. The summed E-state index contributed by atoms with van der Waals surface area (Å²) in [6.07, 6.45) is 5.50. The molecule has 1 atom stereocenters.